The van der Waals surface area contributed by atoms with Crippen molar-refractivity contribution in [1.82, 2.24) is 30.2 Å². The van der Waals surface area contributed by atoms with Gasteiger partial charge in [-0.1, -0.05) is 54.4 Å². The number of aromatic nitrogens is 2. The van der Waals surface area contributed by atoms with Gasteiger partial charge in [-0.15, -0.1) is 0 Å². The van der Waals surface area contributed by atoms with Crippen molar-refractivity contribution in [3.8, 4) is 11.6 Å². The summed E-state index contributed by atoms with van der Waals surface area (Å²) in [5.74, 6) is -7.04. The van der Waals surface area contributed by atoms with E-state index in [1.807, 2.05) is 13.8 Å². The lowest BCUT2D eigenvalue weighted by Gasteiger charge is -2.36. The molecule has 3 N–H and O–H groups in total. The molecule has 3 heterocycles. The van der Waals surface area contributed by atoms with Gasteiger partial charge in [-0.2, -0.15) is 8.78 Å². The highest BCUT2D eigenvalue weighted by Crippen LogP contribution is 2.47. The summed E-state index contributed by atoms with van der Waals surface area (Å²) in [7, 11) is -2.50. The normalized spacial score (nSPS) is 29.2. The Morgan fingerprint density at radius 2 is 1.73 bits per heavy atom. The third-order valence-corrected chi connectivity index (χ3v) is 14.1. The Morgan fingerprint density at radius 1 is 1.00 bits per heavy atom. The monoisotopic (exact) mass is 848 g/mol. The number of carbonyl (C=O) groups excluding carboxylic acids is 4. The first-order valence-electron chi connectivity index (χ1n) is 20.8. The molecule has 2 aliphatic heterocycles. The molecule has 3 fully saturated rings. The van der Waals surface area contributed by atoms with Gasteiger partial charge in [0.1, 0.15) is 35.6 Å². The summed E-state index contributed by atoms with van der Waals surface area (Å²) < 4.78 is 78.2. The first kappa shape index (κ1) is 44.2. The molecule has 2 saturated carbocycles. The Hall–Kier alpha value is -4.35. The van der Waals surface area contributed by atoms with Crippen LogP contribution in [0.25, 0.3) is 11.0 Å². The molecule has 1 aromatic carbocycles. The van der Waals surface area contributed by atoms with E-state index in [4.69, 9.17) is 14.2 Å². The molecule has 0 radical (unpaired) electrons. The van der Waals surface area contributed by atoms with Gasteiger partial charge in [-0.3, -0.25) is 19.1 Å². The minimum atomic E-state index is -3.96. The van der Waals surface area contributed by atoms with Crippen LogP contribution in [0.5, 0.6) is 11.6 Å². The molecule has 2 aliphatic carbocycles. The fourth-order valence-corrected chi connectivity index (χ4v) is 9.79. The molecule has 4 aliphatic rings. The van der Waals surface area contributed by atoms with Crippen LogP contribution in [0, 0.1) is 17.3 Å². The van der Waals surface area contributed by atoms with E-state index in [0.29, 0.717) is 50.7 Å². The van der Waals surface area contributed by atoms with Gasteiger partial charge in [0.2, 0.25) is 27.7 Å². The number of cyclic esters (lactones) is 1. The van der Waals surface area contributed by atoms with E-state index in [0.717, 1.165) is 0 Å². The molecule has 1 aromatic heterocycles. The maximum atomic E-state index is 16.4. The Labute approximate surface area is 344 Å². The molecule has 4 amide bonds. The van der Waals surface area contributed by atoms with Crippen LogP contribution in [0.15, 0.2) is 18.2 Å². The van der Waals surface area contributed by atoms with E-state index in [2.05, 4.69) is 25.3 Å². The molecule has 15 nitrogen and oxygen atoms in total. The average molecular weight is 849 g/mol. The maximum absolute atomic E-state index is 16.4. The smallest absolute Gasteiger partial charge is 0.408 e. The number of sulfonamides is 1. The molecule has 1 saturated heterocycles. The number of hydrogen-bond donors (Lipinski definition) is 3. The highest BCUT2D eigenvalue weighted by atomic mass is 32.2. The van der Waals surface area contributed by atoms with Crippen LogP contribution in [0.3, 0.4) is 0 Å². The van der Waals surface area contributed by atoms with Crippen molar-refractivity contribution >= 4 is 44.9 Å². The quantitative estimate of drug-likeness (QED) is 0.289. The van der Waals surface area contributed by atoms with Crippen LogP contribution in [0.1, 0.15) is 118 Å². The maximum Gasteiger partial charge on any atom is 0.408 e. The molecular formula is C41H58F2N6O9S. The molecule has 2 bridgehead atoms. The predicted octanol–water partition coefficient (Wildman–Crippen LogP) is 5.49. The van der Waals surface area contributed by atoms with E-state index in [-0.39, 0.29) is 42.8 Å². The number of amides is 4. The SMILES string of the molecule is CC[C@@H]1CCCCCC(F)(F)c2nc3ccc(OC)cc3nc2O[C@H]2CN(C(=O)[C@H](C(C)(C)C)NC(=O)O1)[C@H](C(=O)N[C@]1(C(=O)NS(=O)(=O)C3CC3)C[C@H]1CC)[C@@H]2CC. The molecule has 6 rings (SSSR count). The van der Waals surface area contributed by atoms with Gasteiger partial charge in [0.25, 0.3) is 11.8 Å². The van der Waals surface area contributed by atoms with Crippen LogP contribution in [-0.2, 0) is 35.1 Å². The number of carbonyl (C=O) groups is 4. The Balaban J connectivity index is 1.44. The number of alkyl halides is 2. The number of nitrogens with one attached hydrogen (secondary N) is 3. The predicted molar refractivity (Wildman–Crippen MR) is 213 cm³/mol. The molecule has 7 atom stereocenters. The fourth-order valence-electron chi connectivity index (χ4n) is 8.42. The van der Waals surface area contributed by atoms with Gasteiger partial charge in [-0.05, 0) is 74.8 Å². The first-order chi connectivity index (χ1) is 27.8. The Bertz CT molecular complexity index is 2040. The summed E-state index contributed by atoms with van der Waals surface area (Å²) in [5, 5.41) is 4.92. The van der Waals surface area contributed by atoms with Crippen molar-refractivity contribution in [3.63, 3.8) is 0 Å². The number of ether oxygens (including phenoxy) is 3. The summed E-state index contributed by atoms with van der Waals surface area (Å²) in [4.78, 5) is 67.1. The first-order valence-corrected chi connectivity index (χ1v) is 22.4. The van der Waals surface area contributed by atoms with Crippen molar-refractivity contribution in [2.75, 3.05) is 13.7 Å². The van der Waals surface area contributed by atoms with Crippen molar-refractivity contribution in [3.05, 3.63) is 23.9 Å². The van der Waals surface area contributed by atoms with Gasteiger partial charge in [0.15, 0.2) is 5.69 Å². The lowest BCUT2D eigenvalue weighted by molar-refractivity contribution is -0.143. The molecule has 59 heavy (non-hydrogen) atoms. The zero-order valence-electron chi connectivity index (χ0n) is 34.9. The Morgan fingerprint density at radius 3 is 2.34 bits per heavy atom. The third-order valence-electron chi connectivity index (χ3n) is 12.2. The molecule has 326 valence electrons. The van der Waals surface area contributed by atoms with Crippen molar-refractivity contribution in [2.45, 2.75) is 153 Å². The largest absolute Gasteiger partial charge is 0.497 e. The summed E-state index contributed by atoms with van der Waals surface area (Å²) in [6, 6.07) is 2.10. The van der Waals surface area contributed by atoms with Gasteiger partial charge in [-0.25, -0.2) is 23.2 Å². The zero-order chi connectivity index (χ0) is 43.1. The Kier molecular flexibility index (Phi) is 12.7. The lowest BCUT2D eigenvalue weighted by atomic mass is 9.85. The molecule has 2 aromatic rings. The highest BCUT2D eigenvalue weighted by molar-refractivity contribution is 7.91. The fraction of sp³-hybridized carbons (Fsp3) is 0.707. The summed E-state index contributed by atoms with van der Waals surface area (Å²) >= 11 is 0. The van der Waals surface area contributed by atoms with Crippen molar-refractivity contribution < 1.29 is 50.6 Å². The van der Waals surface area contributed by atoms with Crippen molar-refractivity contribution in [1.29, 1.82) is 0 Å². The minimum absolute atomic E-state index is 0.130. The van der Waals surface area contributed by atoms with Crippen LogP contribution in [0.2, 0.25) is 0 Å². The number of alkyl carbamates (subject to hydrolysis) is 1. The second kappa shape index (κ2) is 17.0. The van der Waals surface area contributed by atoms with E-state index in [1.165, 1.54) is 18.1 Å². The number of fused-ring (bicyclic) bond motifs is 4. The van der Waals surface area contributed by atoms with Gasteiger partial charge < -0.3 is 29.7 Å². The zero-order valence-corrected chi connectivity index (χ0v) is 35.8. The molecule has 0 unspecified atom stereocenters. The highest BCUT2D eigenvalue weighted by Gasteiger charge is 2.63. The number of nitrogens with zero attached hydrogens (tertiary/aromatic N) is 3. The van der Waals surface area contributed by atoms with E-state index in [1.54, 1.807) is 39.8 Å². The molecule has 18 heteroatoms. The van der Waals surface area contributed by atoms with Crippen molar-refractivity contribution in [2.24, 2.45) is 17.3 Å². The van der Waals surface area contributed by atoms with E-state index >= 15 is 8.78 Å². The number of methoxy groups -OCH3 is 1. The second-order valence-electron chi connectivity index (χ2n) is 17.5. The third kappa shape index (κ3) is 9.36. The summed E-state index contributed by atoms with van der Waals surface area (Å²) in [6.45, 7) is 10.4. The van der Waals surface area contributed by atoms with Crippen LogP contribution >= 0.6 is 0 Å². The summed E-state index contributed by atoms with van der Waals surface area (Å²) in [5.41, 5.74) is -2.74. The number of halogens is 2. The van der Waals surface area contributed by atoms with Crippen LogP contribution < -0.4 is 24.8 Å². The second-order valence-corrected chi connectivity index (χ2v) is 19.5. The number of rotatable bonds is 9. The standard InChI is InChI=1S/C41H58F2N6O9S/c1-8-23-21-40(23,37(52)48-59(54,55)26-16-17-26)47-34(50)31-27(10-3)30-22-49(31)36(51)33(39(4,5)6)46-38(53)57-24(9-2)14-12-11-13-19-41(42,43)32-35(58-30)45-29-20-25(56-7)15-18-28(29)44-32/h15,18,20,23-24,26-27,30-31,33H,8-14,16-17,19,21-22H2,1-7H3,(H,46,53)(H,47,50)(H,48,52)/t23-,24-,27-,30+,31+,33-,40-/m1/s1. The molecular weight excluding hydrogens is 791 g/mol. The van der Waals surface area contributed by atoms with Crippen LogP contribution in [0.4, 0.5) is 13.6 Å². The van der Waals surface area contributed by atoms with E-state index < -0.39 is 104 Å². The number of benzene rings is 1. The number of hydrogen-bond acceptors (Lipinski definition) is 11. The summed E-state index contributed by atoms with van der Waals surface area (Å²) in [6.07, 6.45) is 0.578. The van der Waals surface area contributed by atoms with Crippen LogP contribution in [-0.4, -0.2) is 95.8 Å². The molecule has 0 spiro atoms. The van der Waals surface area contributed by atoms with Gasteiger partial charge in [0.05, 0.1) is 29.9 Å². The minimum Gasteiger partial charge on any atom is -0.497 e. The lowest BCUT2D eigenvalue weighted by Crippen LogP contribution is -2.61. The van der Waals surface area contributed by atoms with Gasteiger partial charge in [0, 0.05) is 18.4 Å². The topological polar surface area (TPSA) is 195 Å². The van der Waals surface area contributed by atoms with Gasteiger partial charge >= 0.3 is 6.09 Å². The van der Waals surface area contributed by atoms with E-state index in [9.17, 15) is 27.6 Å². The average Bonchev–Trinajstić information content (AvgIpc) is 4.11.